The van der Waals surface area contributed by atoms with Gasteiger partial charge in [-0.1, -0.05) is 23.7 Å². The summed E-state index contributed by atoms with van der Waals surface area (Å²) in [5.74, 6) is -0.955. The Balaban J connectivity index is 1.93. The number of aliphatic hydroxyl groups is 1. The van der Waals surface area contributed by atoms with Crippen molar-refractivity contribution in [3.8, 4) is 11.5 Å². The fourth-order valence-electron chi connectivity index (χ4n) is 3.72. The van der Waals surface area contributed by atoms with Crippen LogP contribution in [0.25, 0.3) is 5.76 Å². The first-order valence-electron chi connectivity index (χ1n) is 9.87. The monoisotopic (exact) mass is 469 g/mol. The molecule has 4 rings (SSSR count). The largest absolute Gasteiger partial charge is 0.507 e. The number of hydrogen-bond donors (Lipinski definition) is 1. The van der Waals surface area contributed by atoms with Crippen molar-refractivity contribution in [3.63, 3.8) is 0 Å². The average Bonchev–Trinajstić information content (AvgIpc) is 3.41. The van der Waals surface area contributed by atoms with Crippen LogP contribution in [0.1, 0.15) is 23.4 Å². The van der Waals surface area contributed by atoms with Gasteiger partial charge < -0.3 is 14.6 Å². The van der Waals surface area contributed by atoms with E-state index in [1.54, 1.807) is 36.4 Å². The first kappa shape index (κ1) is 21.9. The third-order valence-electron chi connectivity index (χ3n) is 5.08. The van der Waals surface area contributed by atoms with Crippen molar-refractivity contribution < 1.29 is 24.2 Å². The quantitative estimate of drug-likeness (QED) is 0.296. The summed E-state index contributed by atoms with van der Waals surface area (Å²) in [7, 11) is 1.45. The molecule has 32 heavy (non-hydrogen) atoms. The molecule has 1 amide bonds. The van der Waals surface area contributed by atoms with Crippen molar-refractivity contribution in [2.45, 2.75) is 13.0 Å². The zero-order valence-electron chi connectivity index (χ0n) is 17.4. The van der Waals surface area contributed by atoms with Gasteiger partial charge in [-0.15, -0.1) is 11.3 Å². The number of halogens is 1. The van der Waals surface area contributed by atoms with E-state index in [2.05, 4.69) is 0 Å². The van der Waals surface area contributed by atoms with Gasteiger partial charge in [0.2, 0.25) is 0 Å². The highest BCUT2D eigenvalue weighted by molar-refractivity contribution is 7.10. The molecular formula is C24H20ClNO5S. The van der Waals surface area contributed by atoms with Gasteiger partial charge in [0, 0.05) is 21.7 Å². The number of carbonyl (C=O) groups is 2. The number of hydrogen-bond acceptors (Lipinski definition) is 6. The smallest absolute Gasteiger partial charge is 0.300 e. The van der Waals surface area contributed by atoms with Crippen LogP contribution in [0.5, 0.6) is 11.5 Å². The summed E-state index contributed by atoms with van der Waals surface area (Å²) in [6.07, 6.45) is 0. The van der Waals surface area contributed by atoms with Gasteiger partial charge in [0.05, 0.1) is 24.9 Å². The molecule has 0 saturated carbocycles. The van der Waals surface area contributed by atoms with Gasteiger partial charge in [-0.2, -0.15) is 0 Å². The van der Waals surface area contributed by atoms with Crippen LogP contribution in [-0.4, -0.2) is 30.5 Å². The van der Waals surface area contributed by atoms with Crippen molar-refractivity contribution in [3.05, 3.63) is 81.0 Å². The summed E-state index contributed by atoms with van der Waals surface area (Å²) in [4.78, 5) is 28.5. The Bertz CT molecular complexity index is 1200. The van der Waals surface area contributed by atoms with Gasteiger partial charge >= 0.3 is 0 Å². The topological polar surface area (TPSA) is 76.1 Å². The SMILES string of the molecule is CCOc1cccc(N2C(=O)C(=O)/C(=C(\O)c3cc(Cl)ccc3OC)C2c2cccs2)c1. The molecule has 1 aliphatic heterocycles. The number of rotatable bonds is 6. The number of methoxy groups -OCH3 is 1. The maximum Gasteiger partial charge on any atom is 0.300 e. The minimum atomic E-state index is -0.810. The van der Waals surface area contributed by atoms with E-state index >= 15 is 0 Å². The first-order valence-corrected chi connectivity index (χ1v) is 11.1. The molecule has 0 radical (unpaired) electrons. The van der Waals surface area contributed by atoms with E-state index in [9.17, 15) is 14.7 Å². The fraction of sp³-hybridized carbons (Fsp3) is 0.167. The third-order valence-corrected chi connectivity index (χ3v) is 6.24. The first-order chi connectivity index (χ1) is 15.5. The second-order valence-electron chi connectivity index (χ2n) is 6.96. The maximum atomic E-state index is 13.2. The number of anilines is 1. The lowest BCUT2D eigenvalue weighted by Gasteiger charge is -2.24. The molecule has 2 heterocycles. The summed E-state index contributed by atoms with van der Waals surface area (Å²) in [6, 6.07) is 14.5. The van der Waals surface area contributed by atoms with E-state index < -0.39 is 17.7 Å². The van der Waals surface area contributed by atoms with Gasteiger partial charge in [-0.3, -0.25) is 14.5 Å². The predicted molar refractivity (Wildman–Crippen MR) is 125 cm³/mol. The lowest BCUT2D eigenvalue weighted by atomic mass is 9.99. The van der Waals surface area contributed by atoms with Crippen molar-refractivity contribution in [2.24, 2.45) is 0 Å². The summed E-state index contributed by atoms with van der Waals surface area (Å²) >= 11 is 7.52. The summed E-state index contributed by atoms with van der Waals surface area (Å²) in [5, 5.41) is 13.5. The van der Waals surface area contributed by atoms with Crippen molar-refractivity contribution in [1.82, 2.24) is 0 Å². The maximum absolute atomic E-state index is 13.2. The van der Waals surface area contributed by atoms with E-state index in [4.69, 9.17) is 21.1 Å². The van der Waals surface area contributed by atoms with Crippen LogP contribution in [0.2, 0.25) is 5.02 Å². The van der Waals surface area contributed by atoms with E-state index in [0.29, 0.717) is 28.8 Å². The minimum Gasteiger partial charge on any atom is -0.507 e. The van der Waals surface area contributed by atoms with Gasteiger partial charge in [0.1, 0.15) is 23.3 Å². The molecule has 0 aliphatic carbocycles. The van der Waals surface area contributed by atoms with Crippen LogP contribution in [0.4, 0.5) is 5.69 Å². The number of aliphatic hydroxyl groups excluding tert-OH is 1. The van der Waals surface area contributed by atoms with Crippen LogP contribution in [0.3, 0.4) is 0 Å². The highest BCUT2D eigenvalue weighted by atomic mass is 35.5. The number of ketones is 1. The Hall–Kier alpha value is -3.29. The number of thiophene rings is 1. The fourth-order valence-corrected chi connectivity index (χ4v) is 4.71. The zero-order valence-corrected chi connectivity index (χ0v) is 18.9. The lowest BCUT2D eigenvalue weighted by Crippen LogP contribution is -2.29. The molecule has 1 atom stereocenters. The number of ether oxygens (including phenoxy) is 2. The van der Waals surface area contributed by atoms with E-state index in [1.165, 1.54) is 29.4 Å². The van der Waals surface area contributed by atoms with Crippen LogP contribution < -0.4 is 14.4 Å². The Morgan fingerprint density at radius 3 is 2.66 bits per heavy atom. The molecular weight excluding hydrogens is 450 g/mol. The Morgan fingerprint density at radius 1 is 1.16 bits per heavy atom. The highest BCUT2D eigenvalue weighted by Crippen LogP contribution is 2.45. The van der Waals surface area contributed by atoms with Crippen molar-refractivity contribution in [2.75, 3.05) is 18.6 Å². The van der Waals surface area contributed by atoms with E-state index in [1.807, 2.05) is 24.4 Å². The third kappa shape index (κ3) is 3.85. The van der Waals surface area contributed by atoms with Crippen molar-refractivity contribution in [1.29, 1.82) is 0 Å². The molecule has 1 fully saturated rings. The van der Waals surface area contributed by atoms with Crippen LogP contribution in [-0.2, 0) is 9.59 Å². The molecule has 6 nitrogen and oxygen atoms in total. The van der Waals surface area contributed by atoms with Crippen LogP contribution in [0.15, 0.2) is 65.6 Å². The molecule has 1 aromatic heterocycles. The Labute approximate surface area is 194 Å². The normalized spacial score (nSPS) is 17.6. The standard InChI is InChI=1S/C24H20ClNO5S/c1-3-31-16-7-4-6-15(13-16)26-21(19-8-5-11-32-19)20(23(28)24(26)29)22(27)17-12-14(25)9-10-18(17)30-2/h4-13,21,27H,3H2,1-2H3/b22-20-. The molecule has 2 aromatic carbocycles. The molecule has 164 valence electrons. The molecule has 1 aliphatic rings. The Morgan fingerprint density at radius 2 is 1.97 bits per heavy atom. The summed E-state index contributed by atoms with van der Waals surface area (Å²) in [6.45, 7) is 2.33. The second-order valence-corrected chi connectivity index (χ2v) is 8.38. The molecule has 3 aromatic rings. The Kier molecular flexibility index (Phi) is 6.21. The zero-order chi connectivity index (χ0) is 22.8. The lowest BCUT2D eigenvalue weighted by molar-refractivity contribution is -0.132. The molecule has 8 heteroatoms. The summed E-state index contributed by atoms with van der Waals surface area (Å²) < 4.78 is 10.9. The number of benzene rings is 2. The van der Waals surface area contributed by atoms with Crippen LogP contribution >= 0.6 is 22.9 Å². The molecule has 0 bridgehead atoms. The van der Waals surface area contributed by atoms with E-state index in [0.717, 1.165) is 4.88 Å². The number of carbonyl (C=O) groups excluding carboxylic acids is 2. The highest BCUT2D eigenvalue weighted by Gasteiger charge is 2.47. The molecule has 0 spiro atoms. The number of amides is 1. The van der Waals surface area contributed by atoms with Gasteiger partial charge in [-0.25, -0.2) is 0 Å². The minimum absolute atomic E-state index is 0.0279. The van der Waals surface area contributed by atoms with Crippen molar-refractivity contribution >= 4 is 46.1 Å². The van der Waals surface area contributed by atoms with Gasteiger partial charge in [0.25, 0.3) is 11.7 Å². The second kappa shape index (κ2) is 9.06. The molecule has 1 saturated heterocycles. The van der Waals surface area contributed by atoms with E-state index in [-0.39, 0.29) is 16.9 Å². The molecule has 1 unspecified atom stereocenters. The number of Topliss-reactive ketones (excluding diaryl/α,β-unsaturated/α-hetero) is 1. The van der Waals surface area contributed by atoms with Crippen LogP contribution in [0, 0.1) is 0 Å². The predicted octanol–water partition coefficient (Wildman–Crippen LogP) is 5.44. The summed E-state index contributed by atoms with van der Waals surface area (Å²) in [5.41, 5.74) is 0.705. The number of nitrogens with zero attached hydrogens (tertiary/aromatic N) is 1. The molecule has 1 N–H and O–H groups in total. The van der Waals surface area contributed by atoms with Gasteiger partial charge in [-0.05, 0) is 48.7 Å². The van der Waals surface area contributed by atoms with Gasteiger partial charge in [0.15, 0.2) is 0 Å². The average molecular weight is 470 g/mol.